The Bertz CT molecular complexity index is 1650. The molecular formula is C30H25F4N5O3. The van der Waals surface area contributed by atoms with Gasteiger partial charge >= 0.3 is 6.18 Å². The third-order valence-corrected chi connectivity index (χ3v) is 6.97. The topological polar surface area (TPSA) is 96.3 Å². The highest BCUT2D eigenvalue weighted by Crippen LogP contribution is 2.43. The van der Waals surface area contributed by atoms with Crippen LogP contribution in [0.3, 0.4) is 0 Å². The predicted octanol–water partition coefficient (Wildman–Crippen LogP) is 4.71. The number of aromatic nitrogens is 2. The number of hydrogen-bond acceptors (Lipinski definition) is 4. The van der Waals surface area contributed by atoms with E-state index in [2.05, 4.69) is 15.7 Å². The first-order valence-corrected chi connectivity index (χ1v) is 12.9. The van der Waals surface area contributed by atoms with Crippen molar-refractivity contribution in [1.82, 2.24) is 20.4 Å². The van der Waals surface area contributed by atoms with Gasteiger partial charge in [-0.1, -0.05) is 36.4 Å². The van der Waals surface area contributed by atoms with Crippen LogP contribution in [0.2, 0.25) is 0 Å². The molecule has 3 amide bonds. The van der Waals surface area contributed by atoms with Crippen LogP contribution in [-0.2, 0) is 15.8 Å². The smallest absolute Gasteiger partial charge is 0.339 e. The Kier molecular flexibility index (Phi) is 7.55. The van der Waals surface area contributed by atoms with Crippen molar-refractivity contribution in [2.45, 2.75) is 32.0 Å². The van der Waals surface area contributed by atoms with Crippen molar-refractivity contribution < 1.29 is 31.9 Å². The molecule has 0 radical (unpaired) electrons. The van der Waals surface area contributed by atoms with Gasteiger partial charge in [0.2, 0.25) is 5.91 Å². The molecule has 3 aromatic carbocycles. The molecule has 5 rings (SSSR count). The number of nitrogens with one attached hydrogen (secondary N) is 2. The van der Waals surface area contributed by atoms with Crippen molar-refractivity contribution in [3.05, 3.63) is 113 Å². The molecule has 2 N–H and O–H groups in total. The molecule has 2 heterocycles. The summed E-state index contributed by atoms with van der Waals surface area (Å²) in [5, 5.41) is 9.90. The summed E-state index contributed by atoms with van der Waals surface area (Å²) in [4.78, 5) is 40.7. The fourth-order valence-electron chi connectivity index (χ4n) is 5.06. The number of fused-ring (bicyclic) bond motifs is 1. The molecule has 12 heteroatoms. The number of aryl methyl sites for hydroxylation is 1. The molecule has 0 fully saturated rings. The summed E-state index contributed by atoms with van der Waals surface area (Å²) in [6.45, 7) is 2.72. The maximum absolute atomic E-state index is 14.2. The van der Waals surface area contributed by atoms with E-state index in [4.69, 9.17) is 0 Å². The van der Waals surface area contributed by atoms with Gasteiger partial charge in [-0.05, 0) is 55.0 Å². The fourth-order valence-corrected chi connectivity index (χ4v) is 5.06. The second-order valence-corrected chi connectivity index (χ2v) is 9.79. The molecule has 4 aromatic rings. The van der Waals surface area contributed by atoms with Crippen molar-refractivity contribution in [2.75, 3.05) is 11.6 Å². The number of nitrogens with zero attached hydrogens (tertiary/aromatic N) is 3. The van der Waals surface area contributed by atoms with E-state index in [1.165, 1.54) is 42.2 Å². The van der Waals surface area contributed by atoms with Gasteiger partial charge in [0, 0.05) is 24.0 Å². The number of rotatable bonds is 6. The van der Waals surface area contributed by atoms with Crippen LogP contribution in [-0.4, -0.2) is 40.2 Å². The lowest BCUT2D eigenvalue weighted by Crippen LogP contribution is -2.57. The lowest BCUT2D eigenvalue weighted by Gasteiger charge is -2.38. The highest BCUT2D eigenvalue weighted by molar-refractivity contribution is 6.05. The number of halogens is 4. The summed E-state index contributed by atoms with van der Waals surface area (Å²) in [6.07, 6.45) is -4.68. The van der Waals surface area contributed by atoms with Crippen LogP contribution >= 0.6 is 0 Å². The van der Waals surface area contributed by atoms with Crippen LogP contribution in [0, 0.1) is 12.7 Å². The molecule has 0 bridgehead atoms. The Morgan fingerprint density at radius 2 is 1.67 bits per heavy atom. The number of alkyl halides is 3. The average molecular weight is 580 g/mol. The minimum absolute atomic E-state index is 0.273. The van der Waals surface area contributed by atoms with Crippen LogP contribution in [0.1, 0.15) is 45.6 Å². The predicted molar refractivity (Wildman–Crippen MR) is 145 cm³/mol. The largest absolute Gasteiger partial charge is 0.416 e. The third-order valence-electron chi connectivity index (χ3n) is 6.97. The standard InChI is InChI=1S/C30H25F4N5O3/c1-17-24-25(19-11-13-22(31)14-12-19)26(36-27(41)20-7-6-8-21(15-20)30(32,33)34)29(42)38(16-35-18(2)40)28(24)39(37-17)23-9-4-3-5-10-23/h3-15,25-26H,16H2,1-2H3,(H,35,40)(H,36,41)/t25?,26-/m0/s1. The summed E-state index contributed by atoms with van der Waals surface area (Å²) < 4.78 is 55.5. The number of carbonyl (C=O) groups excluding carboxylic acids is 3. The van der Waals surface area contributed by atoms with Gasteiger partial charge in [-0.2, -0.15) is 18.3 Å². The molecule has 0 spiro atoms. The Morgan fingerprint density at radius 1 is 0.976 bits per heavy atom. The minimum atomic E-state index is -4.68. The van der Waals surface area contributed by atoms with Crippen molar-refractivity contribution in [2.24, 2.45) is 0 Å². The molecule has 216 valence electrons. The van der Waals surface area contributed by atoms with E-state index in [-0.39, 0.29) is 12.2 Å². The van der Waals surface area contributed by atoms with E-state index in [0.717, 1.165) is 12.1 Å². The number of hydrogen-bond donors (Lipinski definition) is 2. The van der Waals surface area contributed by atoms with Crippen LogP contribution in [0.4, 0.5) is 23.4 Å². The second kappa shape index (κ2) is 11.1. The summed E-state index contributed by atoms with van der Waals surface area (Å²) in [5.74, 6) is -3.07. The zero-order valence-electron chi connectivity index (χ0n) is 22.4. The Labute approximate surface area is 237 Å². The van der Waals surface area contributed by atoms with Crippen LogP contribution in [0.25, 0.3) is 5.69 Å². The van der Waals surface area contributed by atoms with Crippen LogP contribution in [0.15, 0.2) is 78.9 Å². The first-order chi connectivity index (χ1) is 20.0. The summed E-state index contributed by atoms with van der Waals surface area (Å²) in [6, 6.07) is 16.8. The van der Waals surface area contributed by atoms with E-state index in [0.29, 0.717) is 34.4 Å². The average Bonchev–Trinajstić information content (AvgIpc) is 3.30. The quantitative estimate of drug-likeness (QED) is 0.324. The molecular weight excluding hydrogens is 554 g/mol. The van der Waals surface area contributed by atoms with Crippen molar-refractivity contribution in [3.8, 4) is 5.69 Å². The number of para-hydroxylation sites is 1. The Hall–Kier alpha value is -5.00. The molecule has 1 aliphatic rings. The molecule has 0 saturated carbocycles. The molecule has 1 aromatic heterocycles. The van der Waals surface area contributed by atoms with Crippen molar-refractivity contribution >= 4 is 23.5 Å². The molecule has 8 nitrogen and oxygen atoms in total. The second-order valence-electron chi connectivity index (χ2n) is 9.79. The van der Waals surface area contributed by atoms with Crippen LogP contribution < -0.4 is 15.5 Å². The normalized spacial score (nSPS) is 16.6. The van der Waals surface area contributed by atoms with Crippen LogP contribution in [0.5, 0.6) is 0 Å². The number of amides is 3. The zero-order chi connectivity index (χ0) is 30.2. The summed E-state index contributed by atoms with van der Waals surface area (Å²) in [7, 11) is 0. The van der Waals surface area contributed by atoms with Gasteiger partial charge in [0.1, 0.15) is 17.7 Å². The molecule has 2 atom stereocenters. The minimum Gasteiger partial charge on any atom is -0.339 e. The van der Waals surface area contributed by atoms with Gasteiger partial charge in [-0.25, -0.2) is 9.07 Å². The fraction of sp³-hybridized carbons (Fsp3) is 0.200. The van der Waals surface area contributed by atoms with E-state index in [1.807, 2.05) is 6.07 Å². The monoisotopic (exact) mass is 579 g/mol. The molecule has 0 saturated heterocycles. The van der Waals surface area contributed by atoms with E-state index < -0.39 is 47.2 Å². The molecule has 1 aliphatic heterocycles. The van der Waals surface area contributed by atoms with Gasteiger partial charge in [0.25, 0.3) is 11.8 Å². The highest BCUT2D eigenvalue weighted by atomic mass is 19.4. The third kappa shape index (κ3) is 5.47. The van der Waals surface area contributed by atoms with Crippen molar-refractivity contribution in [1.29, 1.82) is 0 Å². The van der Waals surface area contributed by atoms with Gasteiger partial charge in [-0.15, -0.1) is 0 Å². The summed E-state index contributed by atoms with van der Waals surface area (Å²) in [5.41, 5.74) is 0.773. The maximum Gasteiger partial charge on any atom is 0.416 e. The van der Waals surface area contributed by atoms with Gasteiger partial charge in [0.15, 0.2) is 0 Å². The summed E-state index contributed by atoms with van der Waals surface area (Å²) >= 11 is 0. The molecule has 42 heavy (non-hydrogen) atoms. The lowest BCUT2D eigenvalue weighted by molar-refractivity contribution is -0.137. The molecule has 0 aliphatic carbocycles. The van der Waals surface area contributed by atoms with E-state index in [9.17, 15) is 31.9 Å². The first kappa shape index (κ1) is 28.5. The zero-order valence-corrected chi connectivity index (χ0v) is 22.4. The Balaban J connectivity index is 1.67. The maximum atomic E-state index is 14.2. The van der Waals surface area contributed by atoms with Gasteiger partial charge < -0.3 is 10.6 Å². The van der Waals surface area contributed by atoms with Gasteiger partial charge in [0.05, 0.1) is 23.6 Å². The number of benzene rings is 3. The number of carbonyl (C=O) groups is 3. The Morgan fingerprint density at radius 3 is 2.31 bits per heavy atom. The highest BCUT2D eigenvalue weighted by Gasteiger charge is 2.46. The van der Waals surface area contributed by atoms with Crippen molar-refractivity contribution in [3.63, 3.8) is 0 Å². The lowest BCUT2D eigenvalue weighted by atomic mass is 9.81. The van der Waals surface area contributed by atoms with E-state index >= 15 is 0 Å². The number of anilines is 1. The molecule has 1 unspecified atom stereocenters. The van der Waals surface area contributed by atoms with Gasteiger partial charge in [-0.3, -0.25) is 19.3 Å². The first-order valence-electron chi connectivity index (χ1n) is 12.9. The SMILES string of the molecule is CC(=O)NCN1C(=O)[C@@H](NC(=O)c2cccc(C(F)(F)F)c2)C(c2ccc(F)cc2)c2c(C)nn(-c3ccccc3)c21. The van der Waals surface area contributed by atoms with E-state index in [1.54, 1.807) is 35.9 Å².